The standard InChI is InChI=1S/C12H12N2O2/c1-14-10-5-4-8(12(15)16)6-9(10)11(13-14)7-2-3-7/h4-7H,2-3H2,1H3,(H,15,16). The number of carbonyl (C=O) groups is 1. The van der Waals surface area contributed by atoms with E-state index in [1.165, 1.54) is 12.8 Å². The summed E-state index contributed by atoms with van der Waals surface area (Å²) in [6.07, 6.45) is 2.34. The lowest BCUT2D eigenvalue weighted by atomic mass is 10.1. The quantitative estimate of drug-likeness (QED) is 0.836. The number of nitrogens with zero attached hydrogens (tertiary/aromatic N) is 2. The van der Waals surface area contributed by atoms with Crippen molar-refractivity contribution in [2.45, 2.75) is 18.8 Å². The summed E-state index contributed by atoms with van der Waals surface area (Å²) >= 11 is 0. The molecule has 2 aromatic rings. The number of hydrogen-bond donors (Lipinski definition) is 1. The van der Waals surface area contributed by atoms with Crippen molar-refractivity contribution >= 4 is 16.9 Å². The van der Waals surface area contributed by atoms with E-state index in [9.17, 15) is 4.79 Å². The lowest BCUT2D eigenvalue weighted by molar-refractivity contribution is 0.0697. The molecule has 0 atom stereocenters. The predicted octanol–water partition coefficient (Wildman–Crippen LogP) is 2.15. The van der Waals surface area contributed by atoms with Crippen LogP contribution in [-0.4, -0.2) is 20.9 Å². The first-order chi connectivity index (χ1) is 7.66. The molecular weight excluding hydrogens is 204 g/mol. The van der Waals surface area contributed by atoms with Crippen molar-refractivity contribution in [1.29, 1.82) is 0 Å². The molecule has 3 rings (SSSR count). The Kier molecular flexibility index (Phi) is 1.80. The Labute approximate surface area is 92.5 Å². The van der Waals surface area contributed by atoms with Gasteiger partial charge in [-0.1, -0.05) is 0 Å². The van der Waals surface area contributed by atoms with Crippen LogP contribution in [-0.2, 0) is 7.05 Å². The fourth-order valence-electron chi connectivity index (χ4n) is 2.08. The van der Waals surface area contributed by atoms with Crippen LogP contribution in [0.1, 0.15) is 34.8 Å². The number of hydrogen-bond acceptors (Lipinski definition) is 2. The molecule has 1 aliphatic rings. The molecular formula is C12H12N2O2. The van der Waals surface area contributed by atoms with Gasteiger partial charge in [0.2, 0.25) is 0 Å². The molecule has 0 saturated heterocycles. The topological polar surface area (TPSA) is 55.1 Å². The third-order valence-corrected chi connectivity index (χ3v) is 3.09. The molecule has 1 aliphatic carbocycles. The van der Waals surface area contributed by atoms with Crippen molar-refractivity contribution in [3.8, 4) is 0 Å². The zero-order chi connectivity index (χ0) is 11.3. The number of rotatable bonds is 2. The number of aromatic nitrogens is 2. The SMILES string of the molecule is Cn1nc(C2CC2)c2cc(C(=O)O)ccc21. The van der Waals surface area contributed by atoms with Gasteiger partial charge in [0.25, 0.3) is 0 Å². The molecule has 16 heavy (non-hydrogen) atoms. The van der Waals surface area contributed by atoms with Gasteiger partial charge < -0.3 is 5.11 Å². The van der Waals surface area contributed by atoms with Crippen LogP contribution in [0.25, 0.3) is 10.9 Å². The van der Waals surface area contributed by atoms with Gasteiger partial charge in [0.1, 0.15) is 0 Å². The van der Waals surface area contributed by atoms with E-state index in [1.807, 2.05) is 17.8 Å². The summed E-state index contributed by atoms with van der Waals surface area (Å²) < 4.78 is 1.83. The van der Waals surface area contributed by atoms with Crippen LogP contribution in [0.2, 0.25) is 0 Å². The Hall–Kier alpha value is -1.84. The maximum absolute atomic E-state index is 10.9. The Bertz CT molecular complexity index is 582. The molecule has 0 aliphatic heterocycles. The van der Waals surface area contributed by atoms with Gasteiger partial charge in [-0.2, -0.15) is 5.10 Å². The highest BCUT2D eigenvalue weighted by molar-refractivity contribution is 5.94. The molecule has 0 bridgehead atoms. The van der Waals surface area contributed by atoms with E-state index in [2.05, 4.69) is 5.10 Å². The van der Waals surface area contributed by atoms with E-state index in [4.69, 9.17) is 5.11 Å². The van der Waals surface area contributed by atoms with Crippen molar-refractivity contribution in [3.05, 3.63) is 29.5 Å². The Morgan fingerprint density at radius 2 is 2.25 bits per heavy atom. The normalized spacial score (nSPS) is 15.6. The van der Waals surface area contributed by atoms with Crippen molar-refractivity contribution in [2.24, 2.45) is 7.05 Å². The van der Waals surface area contributed by atoms with E-state index in [0.29, 0.717) is 11.5 Å². The lowest BCUT2D eigenvalue weighted by Crippen LogP contribution is -1.95. The minimum atomic E-state index is -0.882. The van der Waals surface area contributed by atoms with E-state index >= 15 is 0 Å². The van der Waals surface area contributed by atoms with Gasteiger partial charge in [-0.3, -0.25) is 4.68 Å². The third-order valence-electron chi connectivity index (χ3n) is 3.09. The van der Waals surface area contributed by atoms with Crippen LogP contribution in [0.3, 0.4) is 0 Å². The minimum Gasteiger partial charge on any atom is -0.478 e. The number of carboxylic acid groups (broad SMARTS) is 1. The molecule has 0 amide bonds. The molecule has 0 radical (unpaired) electrons. The molecule has 1 aromatic carbocycles. The molecule has 4 heteroatoms. The van der Waals surface area contributed by atoms with Gasteiger partial charge >= 0.3 is 5.97 Å². The summed E-state index contributed by atoms with van der Waals surface area (Å²) in [6.45, 7) is 0. The second-order valence-electron chi connectivity index (χ2n) is 4.32. The molecule has 4 nitrogen and oxygen atoms in total. The zero-order valence-electron chi connectivity index (χ0n) is 8.97. The van der Waals surface area contributed by atoms with Crippen LogP contribution < -0.4 is 0 Å². The largest absolute Gasteiger partial charge is 0.478 e. The van der Waals surface area contributed by atoms with Crippen LogP contribution >= 0.6 is 0 Å². The highest BCUT2D eigenvalue weighted by Crippen LogP contribution is 2.42. The maximum Gasteiger partial charge on any atom is 0.335 e. The highest BCUT2D eigenvalue weighted by atomic mass is 16.4. The summed E-state index contributed by atoms with van der Waals surface area (Å²) in [5.41, 5.74) is 2.40. The van der Waals surface area contributed by atoms with Crippen LogP contribution in [0.5, 0.6) is 0 Å². The molecule has 82 valence electrons. The molecule has 0 spiro atoms. The number of carboxylic acids is 1. The predicted molar refractivity (Wildman–Crippen MR) is 59.6 cm³/mol. The minimum absolute atomic E-state index is 0.336. The van der Waals surface area contributed by atoms with E-state index in [0.717, 1.165) is 16.6 Å². The van der Waals surface area contributed by atoms with E-state index < -0.39 is 5.97 Å². The summed E-state index contributed by atoms with van der Waals surface area (Å²) in [7, 11) is 1.90. The van der Waals surface area contributed by atoms with E-state index in [1.54, 1.807) is 12.1 Å². The van der Waals surface area contributed by atoms with Gasteiger partial charge in [-0.25, -0.2) is 4.79 Å². The summed E-state index contributed by atoms with van der Waals surface area (Å²) in [5, 5.41) is 14.4. The second-order valence-corrected chi connectivity index (χ2v) is 4.32. The molecule has 1 aromatic heterocycles. The molecule has 1 heterocycles. The first-order valence-electron chi connectivity index (χ1n) is 5.37. The zero-order valence-corrected chi connectivity index (χ0v) is 8.97. The molecule has 1 fully saturated rings. The smallest absolute Gasteiger partial charge is 0.335 e. The van der Waals surface area contributed by atoms with Crippen LogP contribution in [0.4, 0.5) is 0 Å². The number of fused-ring (bicyclic) bond motifs is 1. The Morgan fingerprint density at radius 3 is 2.88 bits per heavy atom. The summed E-state index contributed by atoms with van der Waals surface area (Å²) in [4.78, 5) is 10.9. The van der Waals surface area contributed by atoms with Gasteiger partial charge in [-0.05, 0) is 31.0 Å². The van der Waals surface area contributed by atoms with Crippen molar-refractivity contribution < 1.29 is 9.90 Å². The molecule has 0 unspecified atom stereocenters. The maximum atomic E-state index is 10.9. The molecule has 1 saturated carbocycles. The van der Waals surface area contributed by atoms with Gasteiger partial charge in [0, 0.05) is 18.4 Å². The van der Waals surface area contributed by atoms with Gasteiger partial charge in [-0.15, -0.1) is 0 Å². The average Bonchev–Trinajstić information content (AvgIpc) is 3.04. The second kappa shape index (κ2) is 3.07. The fraction of sp³-hybridized carbons (Fsp3) is 0.333. The summed E-state index contributed by atoms with van der Waals surface area (Å²) in [5.74, 6) is -0.347. The average molecular weight is 216 g/mol. The number of aromatic carboxylic acids is 1. The van der Waals surface area contributed by atoms with Gasteiger partial charge in [0.05, 0.1) is 16.8 Å². The number of benzene rings is 1. The van der Waals surface area contributed by atoms with Crippen molar-refractivity contribution in [2.75, 3.05) is 0 Å². The van der Waals surface area contributed by atoms with Crippen molar-refractivity contribution in [3.63, 3.8) is 0 Å². The summed E-state index contributed by atoms with van der Waals surface area (Å²) in [6, 6.07) is 5.19. The van der Waals surface area contributed by atoms with Crippen molar-refractivity contribution in [1.82, 2.24) is 9.78 Å². The fourth-order valence-corrected chi connectivity index (χ4v) is 2.08. The first kappa shape index (κ1) is 9.39. The van der Waals surface area contributed by atoms with E-state index in [-0.39, 0.29) is 0 Å². The van der Waals surface area contributed by atoms with Crippen LogP contribution in [0, 0.1) is 0 Å². The lowest BCUT2D eigenvalue weighted by Gasteiger charge is -1.97. The first-order valence-corrected chi connectivity index (χ1v) is 5.37. The third kappa shape index (κ3) is 1.30. The molecule has 1 N–H and O–H groups in total. The Morgan fingerprint density at radius 1 is 1.50 bits per heavy atom. The Balaban J connectivity index is 2.26. The van der Waals surface area contributed by atoms with Gasteiger partial charge in [0.15, 0.2) is 0 Å². The van der Waals surface area contributed by atoms with Crippen LogP contribution in [0.15, 0.2) is 18.2 Å². The highest BCUT2D eigenvalue weighted by Gasteiger charge is 2.28. The monoisotopic (exact) mass is 216 g/mol. The number of aryl methyl sites for hydroxylation is 1.